The summed E-state index contributed by atoms with van der Waals surface area (Å²) in [5, 5.41) is 10.5. The molecule has 0 unspecified atom stereocenters. The maximum Gasteiger partial charge on any atom is 0.230 e. The Labute approximate surface area is 128 Å². The van der Waals surface area contributed by atoms with Gasteiger partial charge in [-0.15, -0.1) is 5.10 Å². The van der Waals surface area contributed by atoms with Crippen LogP contribution in [-0.2, 0) is 4.79 Å². The van der Waals surface area contributed by atoms with Gasteiger partial charge in [-0.1, -0.05) is 25.1 Å². The van der Waals surface area contributed by atoms with E-state index in [2.05, 4.69) is 32.4 Å². The van der Waals surface area contributed by atoms with Crippen LogP contribution in [0.1, 0.15) is 26.7 Å². The van der Waals surface area contributed by atoms with Crippen molar-refractivity contribution in [2.24, 2.45) is 0 Å². The maximum absolute atomic E-state index is 11.8. The molecule has 2 rings (SSSR count). The molecule has 21 heavy (non-hydrogen) atoms. The Morgan fingerprint density at radius 1 is 1.43 bits per heavy atom. The van der Waals surface area contributed by atoms with E-state index >= 15 is 0 Å². The first-order chi connectivity index (χ1) is 10.2. The highest BCUT2D eigenvalue weighted by Gasteiger charge is 2.10. The molecule has 0 radical (unpaired) electrons. The minimum atomic E-state index is 0.0104. The second kappa shape index (κ2) is 7.78. The predicted molar refractivity (Wildman–Crippen MR) is 82.9 cm³/mol. The number of hydrogen-bond donors (Lipinski definition) is 2. The summed E-state index contributed by atoms with van der Waals surface area (Å²) in [5.74, 6) is 1.01. The highest BCUT2D eigenvalue weighted by atomic mass is 32.2. The van der Waals surface area contributed by atoms with Crippen molar-refractivity contribution in [1.82, 2.24) is 25.5 Å². The number of thioether (sulfide) groups is 1. The number of aromatic amines is 1. The zero-order valence-electron chi connectivity index (χ0n) is 12.2. The molecule has 2 aromatic heterocycles. The van der Waals surface area contributed by atoms with Gasteiger partial charge >= 0.3 is 0 Å². The quantitative estimate of drug-likeness (QED) is 0.767. The molecular formula is C14H19N5OS. The molecule has 6 nitrogen and oxygen atoms in total. The first kappa shape index (κ1) is 15.5. The van der Waals surface area contributed by atoms with E-state index in [9.17, 15) is 4.79 Å². The summed E-state index contributed by atoms with van der Waals surface area (Å²) in [4.78, 5) is 20.1. The van der Waals surface area contributed by atoms with Crippen molar-refractivity contribution in [3.05, 3.63) is 24.5 Å². The van der Waals surface area contributed by atoms with E-state index in [1.807, 2.05) is 19.1 Å². The van der Waals surface area contributed by atoms with Crippen molar-refractivity contribution < 1.29 is 4.79 Å². The summed E-state index contributed by atoms with van der Waals surface area (Å²) in [6, 6.07) is 3.92. The van der Waals surface area contributed by atoms with Crippen LogP contribution in [-0.4, -0.2) is 37.9 Å². The number of H-pyrrole nitrogens is 1. The van der Waals surface area contributed by atoms with Crippen molar-refractivity contribution in [3.8, 4) is 11.4 Å². The third-order valence-electron chi connectivity index (χ3n) is 2.88. The van der Waals surface area contributed by atoms with Crippen LogP contribution in [0.5, 0.6) is 0 Å². The lowest BCUT2D eigenvalue weighted by atomic mass is 10.2. The Balaban J connectivity index is 1.84. The highest BCUT2D eigenvalue weighted by Crippen LogP contribution is 2.18. The third kappa shape index (κ3) is 4.86. The van der Waals surface area contributed by atoms with Gasteiger partial charge in [-0.3, -0.25) is 14.9 Å². The number of carbonyl (C=O) groups is 1. The van der Waals surface area contributed by atoms with Crippen molar-refractivity contribution in [1.29, 1.82) is 0 Å². The lowest BCUT2D eigenvalue weighted by molar-refractivity contribution is -0.119. The van der Waals surface area contributed by atoms with Crippen molar-refractivity contribution in [2.75, 3.05) is 5.75 Å². The average molecular weight is 305 g/mol. The molecule has 0 saturated heterocycles. The van der Waals surface area contributed by atoms with Gasteiger partial charge in [0.15, 0.2) is 5.82 Å². The third-order valence-corrected chi connectivity index (χ3v) is 3.73. The molecule has 0 aliphatic carbocycles. The zero-order chi connectivity index (χ0) is 15.1. The molecule has 2 aromatic rings. The van der Waals surface area contributed by atoms with Crippen LogP contribution in [0, 0.1) is 0 Å². The molecule has 0 aliphatic rings. The number of hydrogen-bond acceptors (Lipinski definition) is 5. The molecule has 1 amide bonds. The number of aromatic nitrogens is 4. The van der Waals surface area contributed by atoms with Crippen LogP contribution >= 0.6 is 11.8 Å². The molecular weight excluding hydrogens is 286 g/mol. The molecule has 0 saturated carbocycles. The minimum Gasteiger partial charge on any atom is -0.353 e. The van der Waals surface area contributed by atoms with E-state index in [0.717, 1.165) is 18.4 Å². The number of nitrogens with one attached hydrogen (secondary N) is 2. The fourth-order valence-electron chi connectivity index (χ4n) is 1.90. The number of amides is 1. The Morgan fingerprint density at radius 3 is 2.90 bits per heavy atom. The van der Waals surface area contributed by atoms with Gasteiger partial charge in [0.2, 0.25) is 11.1 Å². The average Bonchev–Trinajstić information content (AvgIpc) is 2.95. The summed E-state index contributed by atoms with van der Waals surface area (Å²) in [7, 11) is 0. The molecule has 112 valence electrons. The number of nitrogens with zero attached hydrogens (tertiary/aromatic N) is 3. The topological polar surface area (TPSA) is 83.6 Å². The van der Waals surface area contributed by atoms with Gasteiger partial charge in [0, 0.05) is 24.0 Å². The van der Waals surface area contributed by atoms with Gasteiger partial charge in [0.05, 0.1) is 5.75 Å². The number of carbonyl (C=O) groups excluding carboxylic acids is 1. The van der Waals surface area contributed by atoms with Gasteiger partial charge in [-0.2, -0.15) is 0 Å². The molecule has 0 fully saturated rings. The molecule has 2 N–H and O–H groups in total. The monoisotopic (exact) mass is 305 g/mol. The van der Waals surface area contributed by atoms with E-state index in [0.29, 0.717) is 16.7 Å². The largest absolute Gasteiger partial charge is 0.353 e. The first-order valence-corrected chi connectivity index (χ1v) is 7.92. The number of rotatable bonds is 7. The molecule has 0 spiro atoms. The van der Waals surface area contributed by atoms with Crippen LogP contribution < -0.4 is 5.32 Å². The molecule has 7 heteroatoms. The van der Waals surface area contributed by atoms with Gasteiger partial charge in [0.25, 0.3) is 0 Å². The summed E-state index contributed by atoms with van der Waals surface area (Å²) < 4.78 is 0. The Kier molecular flexibility index (Phi) is 5.74. The molecule has 0 aromatic carbocycles. The van der Waals surface area contributed by atoms with E-state index < -0.39 is 0 Å². The second-order valence-corrected chi connectivity index (χ2v) is 5.69. The van der Waals surface area contributed by atoms with Gasteiger partial charge in [-0.25, -0.2) is 4.98 Å². The first-order valence-electron chi connectivity index (χ1n) is 6.94. The van der Waals surface area contributed by atoms with Crippen molar-refractivity contribution in [3.63, 3.8) is 0 Å². The molecule has 1 atom stereocenters. The van der Waals surface area contributed by atoms with Crippen LogP contribution in [0.15, 0.2) is 29.7 Å². The lowest BCUT2D eigenvalue weighted by Gasteiger charge is -2.11. The standard InChI is InChI=1S/C14H19N5OS/c1-3-4-10(2)16-12(20)9-21-14-17-13(18-19-14)11-5-7-15-8-6-11/h5-8,10H,3-4,9H2,1-2H3,(H,16,20)(H,17,18,19)/t10-/m1/s1. The minimum absolute atomic E-state index is 0.0104. The van der Waals surface area contributed by atoms with Crippen LogP contribution in [0.25, 0.3) is 11.4 Å². The zero-order valence-corrected chi connectivity index (χ0v) is 13.0. The second-order valence-electron chi connectivity index (χ2n) is 4.75. The molecule has 0 bridgehead atoms. The summed E-state index contributed by atoms with van der Waals surface area (Å²) in [5.41, 5.74) is 0.922. The SMILES string of the molecule is CCC[C@@H](C)NC(=O)CSc1n[nH]c(-c2ccncc2)n1. The number of pyridine rings is 1. The van der Waals surface area contributed by atoms with E-state index in [1.54, 1.807) is 12.4 Å². The maximum atomic E-state index is 11.8. The summed E-state index contributed by atoms with van der Waals surface area (Å²) in [6.07, 6.45) is 5.45. The van der Waals surface area contributed by atoms with E-state index in [4.69, 9.17) is 0 Å². The Hall–Kier alpha value is -1.89. The van der Waals surface area contributed by atoms with Crippen molar-refractivity contribution >= 4 is 17.7 Å². The normalized spacial score (nSPS) is 12.1. The van der Waals surface area contributed by atoms with Crippen molar-refractivity contribution in [2.45, 2.75) is 37.9 Å². The van der Waals surface area contributed by atoms with Gasteiger partial charge in [-0.05, 0) is 25.5 Å². The van der Waals surface area contributed by atoms with Crippen LogP contribution in [0.4, 0.5) is 0 Å². The molecule has 0 aliphatic heterocycles. The van der Waals surface area contributed by atoms with Crippen LogP contribution in [0.2, 0.25) is 0 Å². The fraction of sp³-hybridized carbons (Fsp3) is 0.429. The lowest BCUT2D eigenvalue weighted by Crippen LogP contribution is -2.33. The Bertz CT molecular complexity index is 572. The van der Waals surface area contributed by atoms with Gasteiger partial charge < -0.3 is 5.32 Å². The summed E-state index contributed by atoms with van der Waals surface area (Å²) in [6.45, 7) is 4.12. The fourth-order valence-corrected chi connectivity index (χ4v) is 2.51. The summed E-state index contributed by atoms with van der Waals surface area (Å²) >= 11 is 1.32. The Morgan fingerprint density at radius 2 is 2.19 bits per heavy atom. The van der Waals surface area contributed by atoms with E-state index in [-0.39, 0.29) is 11.9 Å². The van der Waals surface area contributed by atoms with Crippen LogP contribution in [0.3, 0.4) is 0 Å². The highest BCUT2D eigenvalue weighted by molar-refractivity contribution is 7.99. The van der Waals surface area contributed by atoms with E-state index in [1.165, 1.54) is 11.8 Å². The van der Waals surface area contributed by atoms with Gasteiger partial charge in [0.1, 0.15) is 0 Å². The smallest absolute Gasteiger partial charge is 0.230 e. The predicted octanol–water partition coefficient (Wildman–Crippen LogP) is 2.26. The molecule has 2 heterocycles.